The second-order valence-electron chi connectivity index (χ2n) is 4.04. The fourth-order valence-corrected chi connectivity index (χ4v) is 1.82. The number of rotatable bonds is 3. The van der Waals surface area contributed by atoms with Gasteiger partial charge in [0.1, 0.15) is 18.2 Å². The van der Waals surface area contributed by atoms with Crippen molar-refractivity contribution in [3.05, 3.63) is 11.9 Å². The van der Waals surface area contributed by atoms with Crippen LogP contribution in [0.4, 0.5) is 11.6 Å². The zero-order valence-corrected chi connectivity index (χ0v) is 9.58. The molecule has 1 aliphatic rings. The van der Waals surface area contributed by atoms with Crippen LogP contribution in [-0.4, -0.2) is 52.6 Å². The molecule has 1 saturated heterocycles. The molecule has 0 aliphatic carbocycles. The first-order chi connectivity index (χ1) is 8.10. The van der Waals surface area contributed by atoms with Crippen LogP contribution in [-0.2, 0) is 11.3 Å². The Hall–Kier alpha value is -1.44. The van der Waals surface area contributed by atoms with E-state index in [0.717, 1.165) is 0 Å². The van der Waals surface area contributed by atoms with Crippen LogP contribution in [0.2, 0.25) is 0 Å². The monoisotopic (exact) mass is 240 g/mol. The maximum Gasteiger partial charge on any atom is 0.158 e. The molecule has 1 aliphatic heterocycles. The number of ether oxygens (including phenoxy) is 1. The smallest absolute Gasteiger partial charge is 0.158 e. The lowest BCUT2D eigenvalue weighted by Crippen LogP contribution is -2.23. The quantitative estimate of drug-likeness (QED) is 0.606. The summed E-state index contributed by atoms with van der Waals surface area (Å²) in [5, 5.41) is 19.0. The molecule has 1 aromatic heterocycles. The van der Waals surface area contributed by atoms with Gasteiger partial charge in [-0.25, -0.2) is 9.97 Å². The highest BCUT2D eigenvalue weighted by atomic mass is 16.5. The first-order valence-electron chi connectivity index (χ1n) is 5.33. The highest BCUT2D eigenvalue weighted by molar-refractivity contribution is 5.48. The number of β-amino-alcohol motifs (C(OH)–C–C–N with tert-alkyl or cyclic N) is 2. The topological polar surface area (TPSA) is 105 Å². The molecule has 2 unspecified atom stereocenters. The van der Waals surface area contributed by atoms with Crippen LogP contribution >= 0.6 is 0 Å². The Kier molecular flexibility index (Phi) is 3.41. The average molecular weight is 240 g/mol. The molecule has 2 heterocycles. The summed E-state index contributed by atoms with van der Waals surface area (Å²) in [5.41, 5.74) is 5.67. The zero-order valence-electron chi connectivity index (χ0n) is 9.58. The molecule has 0 bridgehead atoms. The van der Waals surface area contributed by atoms with Gasteiger partial charge in [-0.2, -0.15) is 0 Å². The van der Waals surface area contributed by atoms with E-state index in [1.54, 1.807) is 18.1 Å². The molecule has 0 amide bonds. The SMILES string of the molecule is COCc1nc(N)cc(N2CC(O)C(O)C2)n1. The number of nitrogen functional groups attached to an aromatic ring is 1. The van der Waals surface area contributed by atoms with Crippen molar-refractivity contribution in [2.75, 3.05) is 30.8 Å². The molecule has 0 saturated carbocycles. The van der Waals surface area contributed by atoms with Crippen LogP contribution in [0.25, 0.3) is 0 Å². The van der Waals surface area contributed by atoms with Gasteiger partial charge < -0.3 is 25.6 Å². The lowest BCUT2D eigenvalue weighted by molar-refractivity contribution is 0.0572. The molecule has 7 nitrogen and oxygen atoms in total. The van der Waals surface area contributed by atoms with Gasteiger partial charge in [0.2, 0.25) is 0 Å². The van der Waals surface area contributed by atoms with E-state index in [-0.39, 0.29) is 6.61 Å². The molecular weight excluding hydrogens is 224 g/mol. The summed E-state index contributed by atoms with van der Waals surface area (Å²) < 4.78 is 4.94. The fourth-order valence-electron chi connectivity index (χ4n) is 1.82. The lowest BCUT2D eigenvalue weighted by Gasteiger charge is -2.17. The van der Waals surface area contributed by atoms with E-state index in [1.165, 1.54) is 0 Å². The Balaban J connectivity index is 2.20. The van der Waals surface area contributed by atoms with Crippen LogP contribution in [0.1, 0.15) is 5.82 Å². The molecule has 2 rings (SSSR count). The third-order valence-corrected chi connectivity index (χ3v) is 2.64. The standard InChI is InChI=1S/C10H16N4O3/c1-17-5-9-12-8(11)2-10(13-9)14-3-6(15)7(16)4-14/h2,6-7,15-16H,3-5H2,1H3,(H2,11,12,13). The summed E-state index contributed by atoms with van der Waals surface area (Å²) in [6.07, 6.45) is -1.51. The van der Waals surface area contributed by atoms with Crippen LogP contribution in [0.3, 0.4) is 0 Å². The molecule has 2 atom stereocenters. The third-order valence-electron chi connectivity index (χ3n) is 2.64. The number of aromatic nitrogens is 2. The number of nitrogens with zero attached hydrogens (tertiary/aromatic N) is 3. The molecule has 0 aromatic carbocycles. The minimum Gasteiger partial charge on any atom is -0.389 e. The Labute approximate surface area is 98.9 Å². The molecule has 0 radical (unpaired) electrons. The van der Waals surface area contributed by atoms with Crippen molar-refractivity contribution in [2.24, 2.45) is 0 Å². The van der Waals surface area contributed by atoms with Gasteiger partial charge in [0.15, 0.2) is 5.82 Å². The van der Waals surface area contributed by atoms with Gasteiger partial charge in [-0.3, -0.25) is 0 Å². The largest absolute Gasteiger partial charge is 0.389 e. The van der Waals surface area contributed by atoms with E-state index < -0.39 is 12.2 Å². The Bertz CT molecular complexity index is 391. The number of nitrogens with two attached hydrogens (primary N) is 1. The molecule has 17 heavy (non-hydrogen) atoms. The number of hydrogen-bond acceptors (Lipinski definition) is 7. The number of anilines is 2. The minimum absolute atomic E-state index is 0.275. The van der Waals surface area contributed by atoms with Crippen LogP contribution < -0.4 is 10.6 Å². The van der Waals surface area contributed by atoms with Crippen molar-refractivity contribution >= 4 is 11.6 Å². The maximum absolute atomic E-state index is 9.48. The number of methoxy groups -OCH3 is 1. The summed E-state index contributed by atoms with van der Waals surface area (Å²) in [4.78, 5) is 10.1. The van der Waals surface area contributed by atoms with Crippen molar-refractivity contribution in [2.45, 2.75) is 18.8 Å². The van der Waals surface area contributed by atoms with Gasteiger partial charge in [-0.15, -0.1) is 0 Å². The maximum atomic E-state index is 9.48. The minimum atomic E-state index is -0.753. The van der Waals surface area contributed by atoms with Crippen molar-refractivity contribution in [1.29, 1.82) is 0 Å². The zero-order chi connectivity index (χ0) is 12.4. The van der Waals surface area contributed by atoms with Gasteiger partial charge in [0.25, 0.3) is 0 Å². The van der Waals surface area contributed by atoms with E-state index in [2.05, 4.69) is 9.97 Å². The van der Waals surface area contributed by atoms with Crippen molar-refractivity contribution in [3.63, 3.8) is 0 Å². The summed E-state index contributed by atoms with van der Waals surface area (Å²) in [6, 6.07) is 1.62. The van der Waals surface area contributed by atoms with E-state index in [9.17, 15) is 10.2 Å². The summed E-state index contributed by atoms with van der Waals surface area (Å²) >= 11 is 0. The van der Waals surface area contributed by atoms with Crippen molar-refractivity contribution < 1.29 is 14.9 Å². The summed E-state index contributed by atoms with van der Waals surface area (Å²) in [5.74, 6) is 1.43. The van der Waals surface area contributed by atoms with Crippen LogP contribution in [0.5, 0.6) is 0 Å². The second kappa shape index (κ2) is 4.82. The number of aliphatic hydroxyl groups excluding tert-OH is 2. The van der Waals surface area contributed by atoms with E-state index in [0.29, 0.717) is 30.5 Å². The lowest BCUT2D eigenvalue weighted by atomic mass is 10.3. The normalized spacial score (nSPS) is 24.3. The van der Waals surface area contributed by atoms with E-state index in [4.69, 9.17) is 10.5 Å². The van der Waals surface area contributed by atoms with Crippen molar-refractivity contribution in [3.8, 4) is 0 Å². The molecule has 4 N–H and O–H groups in total. The summed E-state index contributed by atoms with van der Waals surface area (Å²) in [6.45, 7) is 0.949. The second-order valence-corrected chi connectivity index (χ2v) is 4.04. The average Bonchev–Trinajstić information content (AvgIpc) is 2.59. The van der Waals surface area contributed by atoms with Crippen molar-refractivity contribution in [1.82, 2.24) is 9.97 Å². The van der Waals surface area contributed by atoms with Gasteiger partial charge in [0, 0.05) is 26.3 Å². The molecular formula is C10H16N4O3. The highest BCUT2D eigenvalue weighted by Gasteiger charge is 2.30. The molecule has 1 aromatic rings. The highest BCUT2D eigenvalue weighted by Crippen LogP contribution is 2.20. The van der Waals surface area contributed by atoms with Crippen LogP contribution in [0.15, 0.2) is 6.07 Å². The first-order valence-corrected chi connectivity index (χ1v) is 5.33. The molecule has 0 spiro atoms. The molecule has 7 heteroatoms. The van der Waals surface area contributed by atoms with E-state index in [1.807, 2.05) is 0 Å². The number of hydrogen-bond donors (Lipinski definition) is 3. The van der Waals surface area contributed by atoms with Gasteiger partial charge in [0.05, 0.1) is 12.2 Å². The summed E-state index contributed by atoms with van der Waals surface area (Å²) in [7, 11) is 1.55. The van der Waals surface area contributed by atoms with Gasteiger partial charge in [-0.1, -0.05) is 0 Å². The molecule has 1 fully saturated rings. The van der Waals surface area contributed by atoms with Gasteiger partial charge in [-0.05, 0) is 0 Å². The van der Waals surface area contributed by atoms with E-state index >= 15 is 0 Å². The Morgan fingerprint density at radius 1 is 1.41 bits per heavy atom. The predicted octanol–water partition coefficient (Wildman–Crippen LogP) is -1.25. The first kappa shape index (κ1) is 12.0. The van der Waals surface area contributed by atoms with Crippen LogP contribution in [0, 0.1) is 0 Å². The van der Waals surface area contributed by atoms with Gasteiger partial charge >= 0.3 is 0 Å². The Morgan fingerprint density at radius 2 is 2.06 bits per heavy atom. The fraction of sp³-hybridized carbons (Fsp3) is 0.600. The number of aliphatic hydroxyl groups is 2. The Morgan fingerprint density at radius 3 is 2.65 bits per heavy atom. The third kappa shape index (κ3) is 2.63. The molecule has 94 valence electrons. The predicted molar refractivity (Wildman–Crippen MR) is 61.4 cm³/mol.